The molecule has 2 unspecified atom stereocenters. The molecule has 1 saturated heterocycles. The molecular formula is C19H25NO6. The summed E-state index contributed by atoms with van der Waals surface area (Å²) in [7, 11) is 3.05. The normalized spacial score (nSPS) is 23.2. The van der Waals surface area contributed by atoms with E-state index in [4.69, 9.17) is 14.2 Å². The van der Waals surface area contributed by atoms with Crippen LogP contribution in [0, 0.1) is 0 Å². The van der Waals surface area contributed by atoms with Crippen LogP contribution in [0.4, 0.5) is 0 Å². The molecule has 1 N–H and O–H groups in total. The molecule has 2 aliphatic rings. The number of ether oxygens (including phenoxy) is 3. The second kappa shape index (κ2) is 7.95. The van der Waals surface area contributed by atoms with E-state index in [9.17, 15) is 14.7 Å². The monoisotopic (exact) mass is 363 g/mol. The number of benzene rings is 1. The molecule has 1 saturated carbocycles. The first kappa shape index (κ1) is 18.5. The van der Waals surface area contributed by atoms with Gasteiger partial charge in [0.15, 0.2) is 11.5 Å². The van der Waals surface area contributed by atoms with Crippen LogP contribution in [0.2, 0.25) is 0 Å². The highest BCUT2D eigenvalue weighted by atomic mass is 16.5. The molecule has 26 heavy (non-hydrogen) atoms. The minimum atomic E-state index is -1.02. The van der Waals surface area contributed by atoms with Crippen LogP contribution in [-0.2, 0) is 9.53 Å². The first-order valence-electron chi connectivity index (χ1n) is 8.94. The molecule has 1 aromatic rings. The highest BCUT2D eigenvalue weighted by Gasteiger charge is 2.40. The Kier molecular flexibility index (Phi) is 5.66. The molecular weight excluding hydrogens is 338 g/mol. The summed E-state index contributed by atoms with van der Waals surface area (Å²) in [5, 5.41) is 9.40. The van der Waals surface area contributed by atoms with Crippen molar-refractivity contribution < 1.29 is 28.9 Å². The van der Waals surface area contributed by atoms with Crippen LogP contribution in [0.15, 0.2) is 18.2 Å². The maximum atomic E-state index is 12.9. The third-order valence-electron chi connectivity index (χ3n) is 5.15. The van der Waals surface area contributed by atoms with Crippen molar-refractivity contribution in [3.63, 3.8) is 0 Å². The lowest BCUT2D eigenvalue weighted by molar-refractivity contribution is -0.141. The van der Waals surface area contributed by atoms with Crippen molar-refractivity contribution >= 4 is 11.9 Å². The number of carbonyl (C=O) groups is 2. The van der Waals surface area contributed by atoms with E-state index in [0.717, 1.165) is 25.7 Å². The summed E-state index contributed by atoms with van der Waals surface area (Å²) in [5.41, 5.74) is 0.378. The maximum Gasteiger partial charge on any atom is 0.326 e. The molecule has 1 amide bonds. The topological polar surface area (TPSA) is 85.3 Å². The molecule has 0 aromatic heterocycles. The summed E-state index contributed by atoms with van der Waals surface area (Å²) >= 11 is 0. The fourth-order valence-electron chi connectivity index (χ4n) is 3.68. The van der Waals surface area contributed by atoms with Gasteiger partial charge in [0, 0.05) is 25.6 Å². The van der Waals surface area contributed by atoms with Crippen molar-refractivity contribution in [2.75, 3.05) is 20.8 Å². The Balaban J connectivity index is 1.79. The number of carboxylic acid groups (broad SMARTS) is 1. The van der Waals surface area contributed by atoms with E-state index in [1.54, 1.807) is 18.2 Å². The summed E-state index contributed by atoms with van der Waals surface area (Å²) in [5.74, 6) is -0.271. The van der Waals surface area contributed by atoms with Gasteiger partial charge in [-0.3, -0.25) is 4.79 Å². The molecule has 2 atom stereocenters. The summed E-state index contributed by atoms with van der Waals surface area (Å²) in [6, 6.07) is 4.12. The Morgan fingerprint density at radius 1 is 1.12 bits per heavy atom. The highest BCUT2D eigenvalue weighted by molar-refractivity contribution is 5.97. The average Bonchev–Trinajstić information content (AvgIpc) is 3.30. The third kappa shape index (κ3) is 3.77. The van der Waals surface area contributed by atoms with Crippen molar-refractivity contribution in [3.8, 4) is 11.5 Å². The standard InChI is InChI=1S/C19H25NO6/c1-24-14-10-15(19(22)23)20(11-14)18(21)12-7-8-16(17(9-12)25-2)26-13-5-3-4-6-13/h7-9,13-15H,3-6,10-11H2,1-2H3,(H,22,23). The highest BCUT2D eigenvalue weighted by Crippen LogP contribution is 2.33. The van der Waals surface area contributed by atoms with Crippen LogP contribution in [0.1, 0.15) is 42.5 Å². The predicted octanol–water partition coefficient (Wildman–Crippen LogP) is 2.33. The summed E-state index contributed by atoms with van der Waals surface area (Å²) < 4.78 is 16.6. The lowest BCUT2D eigenvalue weighted by Crippen LogP contribution is -2.40. The van der Waals surface area contributed by atoms with Gasteiger partial charge in [-0.2, -0.15) is 0 Å². The average molecular weight is 363 g/mol. The van der Waals surface area contributed by atoms with Gasteiger partial charge in [0.05, 0.1) is 19.3 Å². The lowest BCUT2D eigenvalue weighted by atomic mass is 10.1. The number of likely N-dealkylation sites (tertiary alicyclic amines) is 1. The minimum absolute atomic E-state index is 0.183. The zero-order valence-corrected chi connectivity index (χ0v) is 15.1. The van der Waals surface area contributed by atoms with E-state index in [1.165, 1.54) is 19.1 Å². The van der Waals surface area contributed by atoms with E-state index < -0.39 is 12.0 Å². The van der Waals surface area contributed by atoms with Crippen LogP contribution < -0.4 is 9.47 Å². The number of carboxylic acids is 1. The van der Waals surface area contributed by atoms with Gasteiger partial charge in [-0.05, 0) is 43.9 Å². The molecule has 2 fully saturated rings. The van der Waals surface area contributed by atoms with Gasteiger partial charge in [0.1, 0.15) is 6.04 Å². The summed E-state index contributed by atoms with van der Waals surface area (Å²) in [4.78, 5) is 25.7. The molecule has 142 valence electrons. The minimum Gasteiger partial charge on any atom is -0.493 e. The zero-order valence-electron chi connectivity index (χ0n) is 15.1. The second-order valence-corrected chi connectivity index (χ2v) is 6.79. The quantitative estimate of drug-likeness (QED) is 0.835. The molecule has 1 aliphatic carbocycles. The number of hydrogen-bond donors (Lipinski definition) is 1. The fourth-order valence-corrected chi connectivity index (χ4v) is 3.68. The van der Waals surface area contributed by atoms with Crippen molar-refractivity contribution in [1.29, 1.82) is 0 Å². The largest absolute Gasteiger partial charge is 0.493 e. The van der Waals surface area contributed by atoms with E-state index >= 15 is 0 Å². The number of methoxy groups -OCH3 is 2. The number of hydrogen-bond acceptors (Lipinski definition) is 5. The molecule has 0 radical (unpaired) electrons. The van der Waals surface area contributed by atoms with Crippen molar-refractivity contribution in [3.05, 3.63) is 23.8 Å². The predicted molar refractivity (Wildman–Crippen MR) is 93.8 cm³/mol. The van der Waals surface area contributed by atoms with Crippen molar-refractivity contribution in [2.45, 2.75) is 50.4 Å². The van der Waals surface area contributed by atoms with E-state index in [2.05, 4.69) is 0 Å². The second-order valence-electron chi connectivity index (χ2n) is 6.79. The number of aliphatic carboxylic acids is 1. The zero-order chi connectivity index (χ0) is 18.7. The number of nitrogens with zero attached hydrogens (tertiary/aromatic N) is 1. The Morgan fingerprint density at radius 2 is 1.85 bits per heavy atom. The van der Waals surface area contributed by atoms with E-state index in [0.29, 0.717) is 17.1 Å². The molecule has 1 heterocycles. The van der Waals surface area contributed by atoms with Crippen LogP contribution in [-0.4, -0.2) is 60.9 Å². The van der Waals surface area contributed by atoms with Crippen LogP contribution >= 0.6 is 0 Å². The first-order valence-corrected chi connectivity index (χ1v) is 8.94. The summed E-state index contributed by atoms with van der Waals surface area (Å²) in [6.07, 6.45) is 4.57. The molecule has 0 bridgehead atoms. The lowest BCUT2D eigenvalue weighted by Gasteiger charge is -2.22. The third-order valence-corrected chi connectivity index (χ3v) is 5.15. The Hall–Kier alpha value is -2.28. The van der Waals surface area contributed by atoms with E-state index in [1.807, 2.05) is 0 Å². The fraction of sp³-hybridized carbons (Fsp3) is 0.579. The Labute approximate surface area is 152 Å². The molecule has 0 spiro atoms. The van der Waals surface area contributed by atoms with Gasteiger partial charge in [-0.15, -0.1) is 0 Å². The molecule has 7 heteroatoms. The first-order chi connectivity index (χ1) is 12.5. The van der Waals surface area contributed by atoms with Crippen molar-refractivity contribution in [1.82, 2.24) is 4.90 Å². The molecule has 3 rings (SSSR count). The number of amides is 1. The van der Waals surface area contributed by atoms with E-state index in [-0.39, 0.29) is 31.1 Å². The molecule has 1 aliphatic heterocycles. The number of carbonyl (C=O) groups excluding carboxylic acids is 1. The SMILES string of the molecule is COc1cc(C(=O)N2CC(OC)CC2C(=O)O)ccc1OC1CCCC1. The van der Waals surface area contributed by atoms with Gasteiger partial charge in [-0.1, -0.05) is 0 Å². The molecule has 1 aromatic carbocycles. The smallest absolute Gasteiger partial charge is 0.326 e. The maximum absolute atomic E-state index is 12.9. The van der Waals surface area contributed by atoms with Crippen LogP contribution in [0.25, 0.3) is 0 Å². The van der Waals surface area contributed by atoms with Gasteiger partial charge >= 0.3 is 5.97 Å². The van der Waals surface area contributed by atoms with Gasteiger partial charge in [0.25, 0.3) is 5.91 Å². The number of rotatable bonds is 6. The molecule has 7 nitrogen and oxygen atoms in total. The van der Waals surface area contributed by atoms with Crippen molar-refractivity contribution in [2.24, 2.45) is 0 Å². The Bertz CT molecular complexity index is 670. The van der Waals surface area contributed by atoms with Crippen LogP contribution in [0.3, 0.4) is 0 Å². The van der Waals surface area contributed by atoms with Gasteiger partial charge < -0.3 is 24.2 Å². The van der Waals surface area contributed by atoms with Crippen LogP contribution in [0.5, 0.6) is 11.5 Å². The summed E-state index contributed by atoms with van der Waals surface area (Å²) in [6.45, 7) is 0.259. The van der Waals surface area contributed by atoms with Gasteiger partial charge in [0.2, 0.25) is 0 Å². The van der Waals surface area contributed by atoms with Gasteiger partial charge in [-0.25, -0.2) is 4.79 Å². The Morgan fingerprint density at radius 3 is 2.46 bits per heavy atom.